The second-order valence-electron chi connectivity index (χ2n) is 5.12. The molecule has 23 heavy (non-hydrogen) atoms. The lowest BCUT2D eigenvalue weighted by atomic mass is 9.96. The second-order valence-corrected chi connectivity index (χ2v) is 6.95. The number of nitrogens with one attached hydrogen (secondary N) is 1. The molecule has 1 aromatic heterocycles. The average molecular weight is 509 g/mol. The summed E-state index contributed by atoms with van der Waals surface area (Å²) in [4.78, 5) is 0. The Balaban J connectivity index is 0.00000192. The Bertz CT molecular complexity index is 777. The number of allylic oxidation sites excluding steroid dienone is 1. The van der Waals surface area contributed by atoms with Crippen LogP contribution < -0.4 is 0 Å². The van der Waals surface area contributed by atoms with Crippen molar-refractivity contribution in [3.63, 3.8) is 0 Å². The Hall–Kier alpha value is -0.930. The number of aromatic nitrogens is 2. The fourth-order valence-corrected chi connectivity index (χ4v) is 3.64. The normalized spacial score (nSPS) is 16.3. The molecule has 0 atom stereocenters. The van der Waals surface area contributed by atoms with Gasteiger partial charge < -0.3 is 15.3 Å². The molecule has 0 saturated carbocycles. The summed E-state index contributed by atoms with van der Waals surface area (Å²) < 4.78 is 1.85. The van der Waals surface area contributed by atoms with Crippen molar-refractivity contribution in [3.05, 3.63) is 56.8 Å². The van der Waals surface area contributed by atoms with Crippen LogP contribution in [0.2, 0.25) is 0 Å². The lowest BCUT2D eigenvalue weighted by molar-refractivity contribution is -0.115. The van der Waals surface area contributed by atoms with Gasteiger partial charge in [0.25, 0.3) is 0 Å². The maximum atomic E-state index is 9.70. The van der Waals surface area contributed by atoms with E-state index in [1.165, 1.54) is 6.08 Å². The van der Waals surface area contributed by atoms with Crippen LogP contribution in [-0.4, -0.2) is 31.3 Å². The molecule has 5 nitrogen and oxygen atoms in total. The summed E-state index contributed by atoms with van der Waals surface area (Å²) in [7, 11) is 0. The smallest absolute Gasteiger partial charge is 0.190 e. The largest absolute Gasteiger partial charge is 0.508 e. The van der Waals surface area contributed by atoms with Crippen molar-refractivity contribution >= 4 is 54.4 Å². The Labute approximate surface area is 159 Å². The summed E-state index contributed by atoms with van der Waals surface area (Å²) in [5.74, 6) is -2.26. The van der Waals surface area contributed by atoms with E-state index in [9.17, 15) is 15.3 Å². The van der Waals surface area contributed by atoms with E-state index >= 15 is 0 Å². The molecule has 1 heterocycles. The van der Waals surface area contributed by atoms with Crippen molar-refractivity contribution in [1.82, 2.24) is 10.2 Å². The highest BCUT2D eigenvalue weighted by Crippen LogP contribution is 2.32. The lowest BCUT2D eigenvalue weighted by Crippen LogP contribution is -2.28. The number of rotatable bonds is 2. The lowest BCUT2D eigenvalue weighted by Gasteiger charge is -2.22. The summed E-state index contributed by atoms with van der Waals surface area (Å²) >= 11 is 6.87. The first-order valence-electron chi connectivity index (χ1n) is 6.42. The summed E-state index contributed by atoms with van der Waals surface area (Å²) in [6, 6.07) is 7.61. The maximum absolute atomic E-state index is 9.70. The number of aliphatic hydroxyl groups excluding tert-OH is 1. The molecule has 0 fully saturated rings. The summed E-state index contributed by atoms with van der Waals surface area (Å²) in [5.41, 5.74) is 2.81. The van der Waals surface area contributed by atoms with Crippen LogP contribution in [0, 0.1) is 0 Å². The van der Waals surface area contributed by atoms with Crippen LogP contribution in [0.1, 0.15) is 12.1 Å². The van der Waals surface area contributed by atoms with Crippen molar-refractivity contribution < 1.29 is 15.3 Å². The molecule has 4 N–H and O–H groups in total. The van der Waals surface area contributed by atoms with E-state index < -0.39 is 5.79 Å². The molecule has 0 radical (unpaired) electrons. The molecule has 0 spiro atoms. The molecule has 8 heteroatoms. The molecule has 1 aromatic carbocycles. The third-order valence-electron chi connectivity index (χ3n) is 3.23. The molecule has 3 rings (SSSR count). The second kappa shape index (κ2) is 6.90. The summed E-state index contributed by atoms with van der Waals surface area (Å²) in [5, 5.41) is 36.1. The van der Waals surface area contributed by atoms with E-state index in [4.69, 9.17) is 0 Å². The molecule has 1 aliphatic carbocycles. The number of nitrogens with zero attached hydrogens (tertiary/aromatic N) is 1. The van der Waals surface area contributed by atoms with Gasteiger partial charge in [-0.1, -0.05) is 31.9 Å². The number of aromatic amines is 1. The molecule has 2 aromatic rings. The number of benzene rings is 1. The third kappa shape index (κ3) is 4.33. The maximum Gasteiger partial charge on any atom is 0.190 e. The highest BCUT2D eigenvalue weighted by Gasteiger charge is 2.28. The van der Waals surface area contributed by atoms with E-state index in [2.05, 4.69) is 42.1 Å². The SMILES string of the molecule is Br.OC1=CC(O)(O)CC(c2cc(-c3cc(Br)cc(Br)c3)[nH]n2)=C1. The Morgan fingerprint density at radius 2 is 1.74 bits per heavy atom. The minimum Gasteiger partial charge on any atom is -0.508 e. The molecule has 0 unspecified atom stereocenters. The Morgan fingerprint density at radius 1 is 1.09 bits per heavy atom. The average Bonchev–Trinajstić information content (AvgIpc) is 2.84. The first-order valence-corrected chi connectivity index (χ1v) is 8.00. The Morgan fingerprint density at radius 3 is 2.35 bits per heavy atom. The van der Waals surface area contributed by atoms with Gasteiger partial charge in [-0.25, -0.2) is 0 Å². The molecular formula is C15H13Br3N2O3. The minimum atomic E-state index is -2.06. The van der Waals surface area contributed by atoms with E-state index in [0.29, 0.717) is 11.3 Å². The molecule has 0 saturated heterocycles. The molecule has 1 aliphatic rings. The molecule has 0 bridgehead atoms. The quantitative estimate of drug-likeness (QED) is 0.460. The van der Waals surface area contributed by atoms with E-state index in [1.807, 2.05) is 18.2 Å². The highest BCUT2D eigenvalue weighted by molar-refractivity contribution is 9.11. The fourth-order valence-electron chi connectivity index (χ4n) is 2.35. The van der Waals surface area contributed by atoms with Gasteiger partial charge in [0, 0.05) is 27.0 Å². The van der Waals surface area contributed by atoms with Gasteiger partial charge in [0.05, 0.1) is 11.4 Å². The van der Waals surface area contributed by atoms with Gasteiger partial charge in [-0.3, -0.25) is 5.10 Å². The predicted molar refractivity (Wildman–Crippen MR) is 100 cm³/mol. The van der Waals surface area contributed by atoms with Crippen LogP contribution in [-0.2, 0) is 0 Å². The highest BCUT2D eigenvalue weighted by atomic mass is 79.9. The summed E-state index contributed by atoms with van der Waals surface area (Å²) in [6.07, 6.45) is 2.43. The number of H-pyrrole nitrogens is 1. The zero-order valence-electron chi connectivity index (χ0n) is 11.6. The van der Waals surface area contributed by atoms with Crippen LogP contribution in [0.4, 0.5) is 0 Å². The Kier molecular flexibility index (Phi) is 5.52. The molecule has 0 aliphatic heterocycles. The van der Waals surface area contributed by atoms with Gasteiger partial charge in [0.1, 0.15) is 5.76 Å². The van der Waals surface area contributed by atoms with Crippen LogP contribution in [0.15, 0.2) is 51.1 Å². The van der Waals surface area contributed by atoms with Gasteiger partial charge in [-0.2, -0.15) is 5.10 Å². The zero-order valence-corrected chi connectivity index (χ0v) is 16.5. The molecule has 122 valence electrons. The van der Waals surface area contributed by atoms with Crippen LogP contribution in [0.25, 0.3) is 16.8 Å². The van der Waals surface area contributed by atoms with Crippen LogP contribution in [0.5, 0.6) is 0 Å². The zero-order chi connectivity index (χ0) is 15.9. The number of hydrogen-bond acceptors (Lipinski definition) is 4. The monoisotopic (exact) mass is 506 g/mol. The van der Waals surface area contributed by atoms with Crippen molar-refractivity contribution in [1.29, 1.82) is 0 Å². The van der Waals surface area contributed by atoms with Crippen molar-refractivity contribution in [3.8, 4) is 11.3 Å². The van der Waals surface area contributed by atoms with Gasteiger partial charge in [0.2, 0.25) is 0 Å². The third-order valence-corrected chi connectivity index (χ3v) is 4.15. The van der Waals surface area contributed by atoms with Crippen LogP contribution >= 0.6 is 48.8 Å². The van der Waals surface area contributed by atoms with Gasteiger partial charge >= 0.3 is 0 Å². The van der Waals surface area contributed by atoms with Gasteiger partial charge in [-0.05, 0) is 35.9 Å². The topological polar surface area (TPSA) is 89.4 Å². The predicted octanol–water partition coefficient (Wildman–Crippen LogP) is 4.09. The minimum absolute atomic E-state index is 0. The number of halogens is 3. The van der Waals surface area contributed by atoms with Crippen LogP contribution in [0.3, 0.4) is 0 Å². The summed E-state index contributed by atoms with van der Waals surface area (Å²) in [6.45, 7) is 0. The first-order chi connectivity index (χ1) is 10.3. The van der Waals surface area contributed by atoms with E-state index in [1.54, 1.807) is 6.07 Å². The van der Waals surface area contributed by atoms with E-state index in [-0.39, 0.29) is 29.2 Å². The van der Waals surface area contributed by atoms with Crippen molar-refractivity contribution in [2.45, 2.75) is 12.2 Å². The van der Waals surface area contributed by atoms with Gasteiger partial charge in [-0.15, -0.1) is 17.0 Å². The number of hydrogen-bond donors (Lipinski definition) is 4. The standard InChI is InChI=1S/C15H12Br2N2O3.BrH/c16-10-1-8(2-11(17)4-10)13-5-14(19-18-13)9-3-12(20)7-15(21,22)6-9;/h1-5,7,20-22H,6H2,(H,18,19);1H. The fraction of sp³-hybridized carbons (Fsp3) is 0.133. The molecular weight excluding hydrogens is 496 g/mol. The van der Waals surface area contributed by atoms with Crippen molar-refractivity contribution in [2.24, 2.45) is 0 Å². The van der Waals surface area contributed by atoms with E-state index in [0.717, 1.165) is 26.3 Å². The van der Waals surface area contributed by atoms with Crippen molar-refractivity contribution in [2.75, 3.05) is 0 Å². The number of aliphatic hydroxyl groups is 3. The molecule has 0 amide bonds. The van der Waals surface area contributed by atoms with Gasteiger partial charge in [0.15, 0.2) is 5.79 Å². The first kappa shape index (κ1) is 18.4.